The van der Waals surface area contributed by atoms with Crippen LogP contribution < -0.4 is 5.73 Å². The second-order valence-electron chi connectivity index (χ2n) is 5.10. The quantitative estimate of drug-likeness (QED) is 0.895. The molecule has 0 saturated heterocycles. The van der Waals surface area contributed by atoms with Crippen LogP contribution in [0.4, 0.5) is 0 Å². The Hall–Kier alpha value is -2.01. The van der Waals surface area contributed by atoms with Crippen molar-refractivity contribution in [3.63, 3.8) is 0 Å². The van der Waals surface area contributed by atoms with Gasteiger partial charge < -0.3 is 10.6 Å². The Morgan fingerprint density at radius 3 is 2.85 bits per heavy atom. The molecule has 0 spiro atoms. The number of nitrogens with zero attached hydrogens (tertiary/aromatic N) is 3. The lowest BCUT2D eigenvalue weighted by Gasteiger charge is -2.22. The van der Waals surface area contributed by atoms with Gasteiger partial charge in [-0.3, -0.25) is 14.8 Å². The fourth-order valence-electron chi connectivity index (χ4n) is 2.42. The van der Waals surface area contributed by atoms with E-state index < -0.39 is 0 Å². The van der Waals surface area contributed by atoms with E-state index in [0.29, 0.717) is 23.7 Å². The van der Waals surface area contributed by atoms with Crippen LogP contribution in [0.2, 0.25) is 0 Å². The smallest absolute Gasteiger partial charge is 0.256 e. The largest absolute Gasteiger partial charge is 0.336 e. The van der Waals surface area contributed by atoms with E-state index in [4.69, 9.17) is 5.73 Å². The molecular weight excluding hydrogens is 252 g/mol. The Morgan fingerprint density at radius 2 is 2.10 bits per heavy atom. The van der Waals surface area contributed by atoms with Crippen molar-refractivity contribution in [2.24, 2.45) is 5.73 Å². The van der Waals surface area contributed by atoms with Gasteiger partial charge in [-0.15, -0.1) is 0 Å². The maximum absolute atomic E-state index is 12.8. The third kappa shape index (κ3) is 2.49. The lowest BCUT2D eigenvalue weighted by atomic mass is 10.1. The number of fused-ring (bicyclic) bond motifs is 1. The maximum Gasteiger partial charge on any atom is 0.256 e. The molecule has 104 valence electrons. The van der Waals surface area contributed by atoms with Crippen molar-refractivity contribution in [1.29, 1.82) is 0 Å². The summed E-state index contributed by atoms with van der Waals surface area (Å²) in [6.45, 7) is 1.32. The van der Waals surface area contributed by atoms with Crippen molar-refractivity contribution in [2.75, 3.05) is 13.1 Å². The molecular formula is C15H18N4O. The number of para-hydroxylation sites is 1. The zero-order valence-electron chi connectivity index (χ0n) is 11.3. The van der Waals surface area contributed by atoms with E-state index in [9.17, 15) is 4.79 Å². The van der Waals surface area contributed by atoms with E-state index in [1.807, 2.05) is 23.1 Å². The van der Waals surface area contributed by atoms with E-state index in [0.717, 1.165) is 31.3 Å². The molecule has 3 rings (SSSR count). The van der Waals surface area contributed by atoms with Crippen molar-refractivity contribution in [2.45, 2.75) is 25.3 Å². The number of carbonyl (C=O) groups excluding carboxylic acids is 1. The maximum atomic E-state index is 12.8. The van der Waals surface area contributed by atoms with E-state index in [-0.39, 0.29) is 5.91 Å². The second-order valence-corrected chi connectivity index (χ2v) is 5.10. The molecule has 20 heavy (non-hydrogen) atoms. The number of nitrogens with two attached hydrogens (primary N) is 1. The van der Waals surface area contributed by atoms with Gasteiger partial charge in [0, 0.05) is 25.0 Å². The molecule has 2 N–H and O–H groups in total. The van der Waals surface area contributed by atoms with E-state index >= 15 is 0 Å². The summed E-state index contributed by atoms with van der Waals surface area (Å²) in [4.78, 5) is 23.3. The molecule has 1 aliphatic carbocycles. The van der Waals surface area contributed by atoms with Crippen LogP contribution in [-0.2, 0) is 0 Å². The van der Waals surface area contributed by atoms with E-state index in [1.165, 1.54) is 0 Å². The Labute approximate surface area is 117 Å². The van der Waals surface area contributed by atoms with Crippen LogP contribution >= 0.6 is 0 Å². The molecule has 0 radical (unpaired) electrons. The van der Waals surface area contributed by atoms with Crippen molar-refractivity contribution in [3.05, 3.63) is 36.2 Å². The summed E-state index contributed by atoms with van der Waals surface area (Å²) in [5, 5.41) is 0. The molecule has 1 saturated carbocycles. The van der Waals surface area contributed by atoms with Crippen LogP contribution in [-0.4, -0.2) is 39.9 Å². The fraction of sp³-hybridized carbons (Fsp3) is 0.400. The minimum absolute atomic E-state index is 0.0482. The summed E-state index contributed by atoms with van der Waals surface area (Å²) in [5.41, 5.74) is 7.64. The number of benzene rings is 1. The average Bonchev–Trinajstić information content (AvgIpc) is 3.31. The summed E-state index contributed by atoms with van der Waals surface area (Å²) >= 11 is 0. The Balaban J connectivity index is 1.94. The molecule has 1 heterocycles. The second kappa shape index (κ2) is 5.54. The molecule has 0 unspecified atom stereocenters. The summed E-state index contributed by atoms with van der Waals surface area (Å²) in [7, 11) is 0. The molecule has 2 aromatic rings. The first-order valence-electron chi connectivity index (χ1n) is 7.02. The lowest BCUT2D eigenvalue weighted by molar-refractivity contribution is 0.0744. The lowest BCUT2D eigenvalue weighted by Crippen LogP contribution is -2.35. The van der Waals surface area contributed by atoms with Crippen LogP contribution in [0, 0.1) is 0 Å². The van der Waals surface area contributed by atoms with Crippen molar-refractivity contribution in [1.82, 2.24) is 14.9 Å². The van der Waals surface area contributed by atoms with Gasteiger partial charge in [-0.2, -0.15) is 0 Å². The average molecular weight is 270 g/mol. The highest BCUT2D eigenvalue weighted by Crippen LogP contribution is 2.29. The minimum atomic E-state index is 0.0482. The number of hydrogen-bond donors (Lipinski definition) is 1. The number of rotatable bonds is 5. The normalized spacial score (nSPS) is 14.4. The van der Waals surface area contributed by atoms with Gasteiger partial charge in [0.05, 0.1) is 11.1 Å². The topological polar surface area (TPSA) is 72.1 Å². The fourth-order valence-corrected chi connectivity index (χ4v) is 2.42. The van der Waals surface area contributed by atoms with Crippen LogP contribution in [0.1, 0.15) is 29.6 Å². The number of hydrogen-bond acceptors (Lipinski definition) is 4. The number of amides is 1. The molecule has 0 bridgehead atoms. The third-order valence-corrected chi connectivity index (χ3v) is 3.58. The third-order valence-electron chi connectivity index (χ3n) is 3.58. The van der Waals surface area contributed by atoms with Crippen molar-refractivity contribution in [3.8, 4) is 0 Å². The molecule has 5 nitrogen and oxygen atoms in total. The van der Waals surface area contributed by atoms with Gasteiger partial charge in [-0.25, -0.2) is 0 Å². The van der Waals surface area contributed by atoms with Crippen LogP contribution in [0.25, 0.3) is 11.0 Å². The Bertz CT molecular complexity index is 619. The Morgan fingerprint density at radius 1 is 1.30 bits per heavy atom. The SMILES string of the molecule is NCCCN(C(=O)c1cccc2nccnc12)C1CC1. The minimum Gasteiger partial charge on any atom is -0.336 e. The summed E-state index contributed by atoms with van der Waals surface area (Å²) in [6, 6.07) is 5.94. The van der Waals surface area contributed by atoms with Crippen molar-refractivity contribution < 1.29 is 4.79 Å². The van der Waals surface area contributed by atoms with Gasteiger partial charge in [-0.1, -0.05) is 6.07 Å². The molecule has 5 heteroatoms. The van der Waals surface area contributed by atoms with Gasteiger partial charge in [0.2, 0.25) is 0 Å². The standard InChI is InChI=1S/C15H18N4O/c16-7-2-10-19(11-5-6-11)15(20)12-3-1-4-13-14(12)18-9-8-17-13/h1,3-4,8-9,11H,2,5-7,10,16H2. The highest BCUT2D eigenvalue weighted by atomic mass is 16.2. The van der Waals surface area contributed by atoms with Crippen LogP contribution in [0.3, 0.4) is 0 Å². The summed E-state index contributed by atoms with van der Waals surface area (Å²) < 4.78 is 0. The molecule has 1 amide bonds. The first-order valence-corrected chi connectivity index (χ1v) is 7.02. The predicted octanol–water partition coefficient (Wildman–Crippen LogP) is 1.58. The number of carbonyl (C=O) groups is 1. The first kappa shape index (κ1) is 13.0. The molecule has 1 aromatic carbocycles. The number of aromatic nitrogens is 2. The van der Waals surface area contributed by atoms with Gasteiger partial charge in [0.15, 0.2) is 0 Å². The van der Waals surface area contributed by atoms with Gasteiger partial charge in [0.1, 0.15) is 5.52 Å². The monoisotopic (exact) mass is 270 g/mol. The van der Waals surface area contributed by atoms with Gasteiger partial charge in [0.25, 0.3) is 5.91 Å². The first-order chi connectivity index (χ1) is 9.81. The Kier molecular flexibility index (Phi) is 3.60. The van der Waals surface area contributed by atoms with E-state index in [1.54, 1.807) is 12.4 Å². The molecule has 0 aliphatic heterocycles. The summed E-state index contributed by atoms with van der Waals surface area (Å²) in [5.74, 6) is 0.0482. The molecule has 1 aliphatic rings. The van der Waals surface area contributed by atoms with Gasteiger partial charge in [-0.05, 0) is 37.9 Å². The zero-order chi connectivity index (χ0) is 13.9. The predicted molar refractivity (Wildman–Crippen MR) is 77.3 cm³/mol. The molecule has 1 aromatic heterocycles. The van der Waals surface area contributed by atoms with Crippen molar-refractivity contribution >= 4 is 16.9 Å². The highest BCUT2D eigenvalue weighted by Gasteiger charge is 2.33. The molecule has 1 fully saturated rings. The van der Waals surface area contributed by atoms with Crippen LogP contribution in [0.5, 0.6) is 0 Å². The zero-order valence-corrected chi connectivity index (χ0v) is 11.3. The van der Waals surface area contributed by atoms with Crippen LogP contribution in [0.15, 0.2) is 30.6 Å². The van der Waals surface area contributed by atoms with Gasteiger partial charge >= 0.3 is 0 Å². The molecule has 0 atom stereocenters. The van der Waals surface area contributed by atoms with E-state index in [2.05, 4.69) is 9.97 Å². The highest BCUT2D eigenvalue weighted by molar-refractivity contribution is 6.04. The summed E-state index contributed by atoms with van der Waals surface area (Å²) in [6.07, 6.45) is 6.28.